The van der Waals surface area contributed by atoms with Crippen LogP contribution in [0.4, 0.5) is 8.78 Å². The second-order valence-corrected chi connectivity index (χ2v) is 8.85. The van der Waals surface area contributed by atoms with E-state index in [-0.39, 0.29) is 12.1 Å². The van der Waals surface area contributed by atoms with Crippen molar-refractivity contribution in [2.45, 2.75) is 30.7 Å². The second kappa shape index (κ2) is 6.77. The number of hydrogen-bond donors (Lipinski definition) is 2. The van der Waals surface area contributed by atoms with E-state index in [1.54, 1.807) is 0 Å². The lowest BCUT2D eigenvalue weighted by atomic mass is 9.82. The summed E-state index contributed by atoms with van der Waals surface area (Å²) in [7, 11) is -3.94. The maximum atomic E-state index is 14.4. The molecule has 1 heterocycles. The summed E-state index contributed by atoms with van der Waals surface area (Å²) < 4.78 is 52.4. The van der Waals surface area contributed by atoms with Gasteiger partial charge in [-0.3, -0.25) is 0 Å². The molecule has 0 spiro atoms. The Morgan fingerprint density at radius 1 is 1.32 bits per heavy atom. The summed E-state index contributed by atoms with van der Waals surface area (Å²) in [6.07, 6.45) is 2.46. The molecular formula is C15H20F2N4O3S. The van der Waals surface area contributed by atoms with Crippen molar-refractivity contribution in [1.82, 2.24) is 14.8 Å². The van der Waals surface area contributed by atoms with Crippen molar-refractivity contribution >= 4 is 9.84 Å². The zero-order chi connectivity index (χ0) is 18.9. The minimum atomic E-state index is -3.94. The van der Waals surface area contributed by atoms with Crippen molar-refractivity contribution in [2.75, 3.05) is 12.3 Å². The minimum Gasteiger partial charge on any atom is -0.381 e. The molecule has 0 radical (unpaired) electrons. The van der Waals surface area contributed by atoms with Crippen LogP contribution in [0.5, 0.6) is 0 Å². The van der Waals surface area contributed by atoms with Crippen molar-refractivity contribution < 1.29 is 22.3 Å². The molecule has 7 nitrogen and oxygen atoms in total. The van der Waals surface area contributed by atoms with Gasteiger partial charge in [0.1, 0.15) is 34.6 Å². The van der Waals surface area contributed by atoms with Crippen LogP contribution in [-0.2, 0) is 22.0 Å². The van der Waals surface area contributed by atoms with Gasteiger partial charge in [0.2, 0.25) is 0 Å². The lowest BCUT2D eigenvalue weighted by Crippen LogP contribution is -2.56. The second-order valence-electron chi connectivity index (χ2n) is 6.20. The SMILES string of the molecule is CC(C)(C(O)(Cn1cncn1)c1ccc(F)cc1F)S(=O)(=O)CCN. The monoisotopic (exact) mass is 374 g/mol. The quantitative estimate of drug-likeness (QED) is 0.734. The van der Waals surface area contributed by atoms with E-state index < -0.39 is 44.1 Å². The van der Waals surface area contributed by atoms with Gasteiger partial charge in [-0.15, -0.1) is 0 Å². The van der Waals surface area contributed by atoms with Crippen molar-refractivity contribution in [3.05, 3.63) is 48.1 Å². The van der Waals surface area contributed by atoms with Crippen molar-refractivity contribution in [1.29, 1.82) is 0 Å². The summed E-state index contributed by atoms with van der Waals surface area (Å²) in [5, 5.41) is 15.2. The van der Waals surface area contributed by atoms with Crippen molar-refractivity contribution in [3.63, 3.8) is 0 Å². The third-order valence-corrected chi connectivity index (χ3v) is 7.06. The highest BCUT2D eigenvalue weighted by atomic mass is 32.2. The Balaban J connectivity index is 2.67. The molecule has 138 valence electrons. The molecule has 25 heavy (non-hydrogen) atoms. The highest BCUT2D eigenvalue weighted by Crippen LogP contribution is 2.41. The number of hydrogen-bond acceptors (Lipinski definition) is 6. The number of sulfone groups is 1. The van der Waals surface area contributed by atoms with Gasteiger partial charge in [-0.05, 0) is 19.9 Å². The van der Waals surface area contributed by atoms with Gasteiger partial charge in [-0.1, -0.05) is 6.07 Å². The smallest absolute Gasteiger partial charge is 0.159 e. The number of nitrogens with zero attached hydrogens (tertiary/aromatic N) is 3. The molecule has 1 unspecified atom stereocenters. The van der Waals surface area contributed by atoms with E-state index in [2.05, 4.69) is 10.1 Å². The Labute approximate surface area is 144 Å². The van der Waals surface area contributed by atoms with E-state index in [0.29, 0.717) is 6.07 Å². The van der Waals surface area contributed by atoms with Crippen LogP contribution in [0.1, 0.15) is 19.4 Å². The Kier molecular flexibility index (Phi) is 5.26. The van der Waals surface area contributed by atoms with Gasteiger partial charge in [0.05, 0.1) is 12.3 Å². The fourth-order valence-electron chi connectivity index (χ4n) is 2.64. The molecule has 3 N–H and O–H groups in total. The number of aliphatic hydroxyl groups is 1. The van der Waals surface area contributed by atoms with Crippen LogP contribution in [0.25, 0.3) is 0 Å². The Hall–Kier alpha value is -1.91. The molecule has 0 fully saturated rings. The molecule has 1 aromatic heterocycles. The molecule has 0 aliphatic rings. The van der Waals surface area contributed by atoms with E-state index in [1.807, 2.05) is 0 Å². The topological polar surface area (TPSA) is 111 Å². The number of rotatable bonds is 7. The van der Waals surface area contributed by atoms with Gasteiger partial charge in [0, 0.05) is 18.2 Å². The minimum absolute atomic E-state index is 0.156. The van der Waals surface area contributed by atoms with Crippen LogP contribution < -0.4 is 5.73 Å². The third kappa shape index (κ3) is 3.42. The molecule has 0 saturated carbocycles. The zero-order valence-electron chi connectivity index (χ0n) is 13.9. The number of halogens is 2. The van der Waals surface area contributed by atoms with Gasteiger partial charge < -0.3 is 10.8 Å². The predicted molar refractivity (Wildman–Crippen MR) is 87.2 cm³/mol. The van der Waals surface area contributed by atoms with E-state index in [1.165, 1.54) is 31.2 Å². The standard InChI is InChI=1S/C15H20F2N4O3S/c1-14(2,25(23,24)6-5-18)15(22,8-21-10-19-9-20-21)12-4-3-11(16)7-13(12)17/h3-4,7,9-10,22H,5-6,8,18H2,1-2H3. The van der Waals surface area contributed by atoms with Gasteiger partial charge in [-0.25, -0.2) is 26.9 Å². The van der Waals surface area contributed by atoms with Crippen LogP contribution >= 0.6 is 0 Å². The largest absolute Gasteiger partial charge is 0.381 e. The summed E-state index contributed by atoms with van der Waals surface area (Å²) in [5.41, 5.74) is 2.77. The van der Waals surface area contributed by atoms with Gasteiger partial charge in [-0.2, -0.15) is 5.10 Å². The Morgan fingerprint density at radius 2 is 2.00 bits per heavy atom. The lowest BCUT2D eigenvalue weighted by molar-refractivity contribution is -0.0201. The van der Waals surface area contributed by atoms with Gasteiger partial charge in [0.25, 0.3) is 0 Å². The van der Waals surface area contributed by atoms with E-state index in [4.69, 9.17) is 5.73 Å². The summed E-state index contributed by atoms with van der Waals surface area (Å²) in [6.45, 7) is 2.00. The molecule has 0 saturated heterocycles. The fraction of sp³-hybridized carbons (Fsp3) is 0.467. The molecule has 1 atom stereocenters. The average molecular weight is 374 g/mol. The van der Waals surface area contributed by atoms with Crippen LogP contribution in [0.2, 0.25) is 0 Å². The molecule has 2 rings (SSSR count). The molecule has 0 amide bonds. The first-order valence-corrected chi connectivity index (χ1v) is 9.13. The summed E-state index contributed by atoms with van der Waals surface area (Å²) in [5.74, 6) is -2.30. The Morgan fingerprint density at radius 3 is 2.52 bits per heavy atom. The number of aromatic nitrogens is 3. The fourth-order valence-corrected chi connectivity index (χ4v) is 4.15. The van der Waals surface area contributed by atoms with Crippen LogP contribution in [0, 0.1) is 11.6 Å². The molecule has 2 aromatic rings. The van der Waals surface area contributed by atoms with Crippen molar-refractivity contribution in [3.8, 4) is 0 Å². The molecule has 0 aliphatic heterocycles. The van der Waals surface area contributed by atoms with Crippen LogP contribution in [0.3, 0.4) is 0 Å². The van der Waals surface area contributed by atoms with Crippen molar-refractivity contribution in [2.24, 2.45) is 5.73 Å². The normalized spacial score (nSPS) is 15.1. The summed E-state index contributed by atoms with van der Waals surface area (Å²) in [4.78, 5) is 3.73. The Bertz CT molecular complexity index is 840. The molecule has 10 heteroatoms. The first kappa shape index (κ1) is 19.4. The molecular weight excluding hydrogens is 354 g/mol. The highest BCUT2D eigenvalue weighted by Gasteiger charge is 2.54. The lowest BCUT2D eigenvalue weighted by Gasteiger charge is -2.42. The zero-order valence-corrected chi connectivity index (χ0v) is 14.7. The predicted octanol–water partition coefficient (Wildman–Crippen LogP) is 0.596. The van der Waals surface area contributed by atoms with Crippen LogP contribution in [-0.4, -0.2) is 45.3 Å². The van der Waals surface area contributed by atoms with Gasteiger partial charge in [0.15, 0.2) is 9.84 Å². The number of benzene rings is 1. The highest BCUT2D eigenvalue weighted by molar-refractivity contribution is 7.92. The maximum absolute atomic E-state index is 14.4. The van der Waals surface area contributed by atoms with Gasteiger partial charge >= 0.3 is 0 Å². The maximum Gasteiger partial charge on any atom is 0.159 e. The first-order valence-electron chi connectivity index (χ1n) is 7.48. The van der Waals surface area contributed by atoms with Crippen LogP contribution in [0.15, 0.2) is 30.9 Å². The van der Waals surface area contributed by atoms with E-state index >= 15 is 0 Å². The molecule has 0 aliphatic carbocycles. The van der Waals surface area contributed by atoms with E-state index in [9.17, 15) is 22.3 Å². The molecule has 1 aromatic carbocycles. The van der Waals surface area contributed by atoms with E-state index in [0.717, 1.165) is 12.1 Å². The summed E-state index contributed by atoms with van der Waals surface area (Å²) >= 11 is 0. The third-order valence-electron chi connectivity index (χ3n) is 4.39. The summed E-state index contributed by atoms with van der Waals surface area (Å²) in [6, 6.07) is 2.57. The first-order chi connectivity index (χ1) is 11.5. The average Bonchev–Trinajstić information content (AvgIpc) is 2.99. The molecule has 0 bridgehead atoms. The number of nitrogens with two attached hydrogens (primary N) is 1.